The fourth-order valence-corrected chi connectivity index (χ4v) is 8.37. The third kappa shape index (κ3) is 4.17. The van der Waals surface area contributed by atoms with Gasteiger partial charge in [-0.05, 0) is 51.9 Å². The number of hydrogen-bond acceptors (Lipinski definition) is 5. The summed E-state index contributed by atoms with van der Waals surface area (Å²) in [5.41, 5.74) is 4.19. The second-order valence-corrected chi connectivity index (χ2v) is 13.2. The molecule has 10 aromatic rings. The largest absolute Gasteiger partial charge is 0.456 e. The Balaban J connectivity index is 1.25. The lowest BCUT2D eigenvalue weighted by Gasteiger charge is -2.11. The maximum atomic E-state index is 7.07. The standard InChI is InChI=1S/C41H22ClN3OS/c42-33-20-19-32-31-18-15-24-8-3-4-10-28(24)37(31)47-38(32)36(33)41-44-39(26-14-13-23-7-1-2-9-25(23)21-26)43-40(45-41)27-16-17-30-29-11-5-6-12-34(29)46-35(30)22-27/h1-22H. The zero-order chi connectivity index (χ0) is 31.1. The number of fused-ring (bicyclic) bond motifs is 9. The second kappa shape index (κ2) is 10.2. The van der Waals surface area contributed by atoms with Crippen molar-refractivity contribution < 1.29 is 4.42 Å². The summed E-state index contributed by atoms with van der Waals surface area (Å²) in [5.74, 6) is 1.68. The highest BCUT2D eigenvalue weighted by atomic mass is 35.5. The molecule has 220 valence electrons. The molecule has 0 N–H and O–H groups in total. The van der Waals surface area contributed by atoms with Gasteiger partial charge in [0.05, 0.1) is 10.6 Å². The lowest BCUT2D eigenvalue weighted by Crippen LogP contribution is -2.00. The van der Waals surface area contributed by atoms with Crippen LogP contribution >= 0.6 is 22.9 Å². The molecule has 47 heavy (non-hydrogen) atoms. The second-order valence-electron chi connectivity index (χ2n) is 11.7. The van der Waals surface area contributed by atoms with E-state index in [2.05, 4.69) is 91.0 Å². The van der Waals surface area contributed by atoms with Crippen LogP contribution in [0.25, 0.3) is 97.8 Å². The van der Waals surface area contributed by atoms with Crippen LogP contribution in [0.4, 0.5) is 0 Å². The van der Waals surface area contributed by atoms with Crippen LogP contribution in [-0.2, 0) is 0 Å². The molecule has 0 saturated carbocycles. The number of thiophene rings is 1. The number of para-hydroxylation sites is 1. The highest BCUT2D eigenvalue weighted by molar-refractivity contribution is 7.27. The summed E-state index contributed by atoms with van der Waals surface area (Å²) in [6, 6.07) is 45.8. The lowest BCUT2D eigenvalue weighted by molar-refractivity contribution is 0.669. The van der Waals surface area contributed by atoms with E-state index in [1.807, 2.05) is 42.5 Å². The van der Waals surface area contributed by atoms with Gasteiger partial charge in [-0.25, -0.2) is 15.0 Å². The minimum absolute atomic E-state index is 0.536. The first kappa shape index (κ1) is 26.6. The fraction of sp³-hybridized carbons (Fsp3) is 0. The van der Waals surface area contributed by atoms with Crippen molar-refractivity contribution in [3.8, 4) is 34.2 Å². The molecule has 3 aromatic heterocycles. The molecular formula is C41H22ClN3OS. The van der Waals surface area contributed by atoms with Crippen LogP contribution in [0.1, 0.15) is 0 Å². The van der Waals surface area contributed by atoms with Crippen molar-refractivity contribution >= 4 is 86.6 Å². The van der Waals surface area contributed by atoms with Crippen molar-refractivity contribution in [2.24, 2.45) is 0 Å². The van der Waals surface area contributed by atoms with Gasteiger partial charge in [0, 0.05) is 42.1 Å². The average Bonchev–Trinajstić information content (AvgIpc) is 3.69. The van der Waals surface area contributed by atoms with Gasteiger partial charge in [0.25, 0.3) is 0 Å². The highest BCUT2D eigenvalue weighted by Gasteiger charge is 2.21. The van der Waals surface area contributed by atoms with E-state index in [0.29, 0.717) is 22.5 Å². The van der Waals surface area contributed by atoms with Crippen LogP contribution in [0.2, 0.25) is 5.02 Å². The molecule has 6 heteroatoms. The molecule has 0 aliphatic carbocycles. The predicted octanol–water partition coefficient (Wildman–Crippen LogP) is 12.1. The number of rotatable bonds is 3. The number of benzene rings is 7. The van der Waals surface area contributed by atoms with Crippen LogP contribution in [0.5, 0.6) is 0 Å². The van der Waals surface area contributed by atoms with Crippen LogP contribution in [0.3, 0.4) is 0 Å². The fourth-order valence-electron chi connectivity index (χ4n) is 6.69. The van der Waals surface area contributed by atoms with E-state index >= 15 is 0 Å². The molecule has 7 aromatic carbocycles. The molecule has 0 aliphatic heterocycles. The van der Waals surface area contributed by atoms with Gasteiger partial charge in [0.15, 0.2) is 17.5 Å². The van der Waals surface area contributed by atoms with E-state index < -0.39 is 0 Å². The van der Waals surface area contributed by atoms with Gasteiger partial charge in [0.1, 0.15) is 11.2 Å². The van der Waals surface area contributed by atoms with E-state index in [9.17, 15) is 0 Å². The van der Waals surface area contributed by atoms with E-state index in [4.69, 9.17) is 31.0 Å². The van der Waals surface area contributed by atoms with Gasteiger partial charge in [-0.15, -0.1) is 11.3 Å². The van der Waals surface area contributed by atoms with Crippen molar-refractivity contribution in [1.82, 2.24) is 15.0 Å². The number of furan rings is 1. The van der Waals surface area contributed by atoms with Crippen molar-refractivity contribution in [3.05, 3.63) is 138 Å². The summed E-state index contributed by atoms with van der Waals surface area (Å²) >= 11 is 8.81. The van der Waals surface area contributed by atoms with E-state index in [0.717, 1.165) is 59.5 Å². The molecule has 0 unspecified atom stereocenters. The molecule has 0 spiro atoms. The Labute approximate surface area is 277 Å². The zero-order valence-corrected chi connectivity index (χ0v) is 26.3. The number of halogens is 1. The molecule has 0 saturated heterocycles. The molecular weight excluding hydrogens is 618 g/mol. The molecule has 10 rings (SSSR count). The van der Waals surface area contributed by atoms with Crippen molar-refractivity contribution in [2.45, 2.75) is 0 Å². The van der Waals surface area contributed by atoms with E-state index in [1.54, 1.807) is 11.3 Å². The van der Waals surface area contributed by atoms with Crippen LogP contribution < -0.4 is 0 Å². The Hall–Kier alpha value is -5.62. The normalized spacial score (nSPS) is 11.9. The van der Waals surface area contributed by atoms with Gasteiger partial charge < -0.3 is 4.42 Å². The molecule has 3 heterocycles. The monoisotopic (exact) mass is 639 g/mol. The summed E-state index contributed by atoms with van der Waals surface area (Å²) in [4.78, 5) is 15.3. The summed E-state index contributed by atoms with van der Waals surface area (Å²) in [5, 5.41) is 9.77. The Kier molecular flexibility index (Phi) is 5.77. The highest BCUT2D eigenvalue weighted by Crippen LogP contribution is 2.45. The van der Waals surface area contributed by atoms with Gasteiger partial charge >= 0.3 is 0 Å². The van der Waals surface area contributed by atoms with Gasteiger partial charge in [-0.2, -0.15) is 0 Å². The molecule has 0 atom stereocenters. The lowest BCUT2D eigenvalue weighted by atomic mass is 10.0. The summed E-state index contributed by atoms with van der Waals surface area (Å²) < 4.78 is 8.52. The maximum Gasteiger partial charge on any atom is 0.167 e. The Morgan fingerprint density at radius 3 is 1.91 bits per heavy atom. The SMILES string of the molecule is Clc1ccc2c(sc3c4ccccc4ccc23)c1-c1nc(-c2ccc3ccccc3c2)nc(-c2ccc3c(c2)oc2ccccc23)n1. The first-order valence-electron chi connectivity index (χ1n) is 15.4. The molecule has 4 nitrogen and oxygen atoms in total. The summed E-state index contributed by atoms with van der Waals surface area (Å²) in [6.07, 6.45) is 0. The molecule has 0 bridgehead atoms. The van der Waals surface area contributed by atoms with E-state index in [1.165, 1.54) is 20.9 Å². The smallest absolute Gasteiger partial charge is 0.167 e. The van der Waals surface area contributed by atoms with E-state index in [-0.39, 0.29) is 0 Å². The van der Waals surface area contributed by atoms with Gasteiger partial charge in [-0.3, -0.25) is 0 Å². The molecule has 0 radical (unpaired) electrons. The maximum absolute atomic E-state index is 7.07. The zero-order valence-electron chi connectivity index (χ0n) is 24.7. The van der Waals surface area contributed by atoms with Crippen LogP contribution in [0.15, 0.2) is 138 Å². The van der Waals surface area contributed by atoms with Crippen LogP contribution in [-0.4, -0.2) is 15.0 Å². The number of nitrogens with zero attached hydrogens (tertiary/aromatic N) is 3. The van der Waals surface area contributed by atoms with Gasteiger partial charge in [0.2, 0.25) is 0 Å². The first-order chi connectivity index (χ1) is 23.2. The Morgan fingerprint density at radius 1 is 0.447 bits per heavy atom. The number of hydrogen-bond donors (Lipinski definition) is 0. The molecule has 0 amide bonds. The third-order valence-corrected chi connectivity index (χ3v) is 10.6. The Morgan fingerprint density at radius 2 is 1.04 bits per heavy atom. The minimum atomic E-state index is 0.536. The third-order valence-electron chi connectivity index (χ3n) is 8.98. The summed E-state index contributed by atoms with van der Waals surface area (Å²) in [6.45, 7) is 0. The molecule has 0 aliphatic rings. The van der Waals surface area contributed by atoms with Gasteiger partial charge in [-0.1, -0.05) is 115 Å². The first-order valence-corrected chi connectivity index (χ1v) is 16.6. The Bertz CT molecular complexity index is 2890. The topological polar surface area (TPSA) is 51.8 Å². The van der Waals surface area contributed by atoms with Crippen molar-refractivity contribution in [1.29, 1.82) is 0 Å². The minimum Gasteiger partial charge on any atom is -0.456 e. The number of aromatic nitrogens is 3. The van der Waals surface area contributed by atoms with Crippen molar-refractivity contribution in [3.63, 3.8) is 0 Å². The van der Waals surface area contributed by atoms with Crippen LogP contribution in [0, 0.1) is 0 Å². The summed E-state index contributed by atoms with van der Waals surface area (Å²) in [7, 11) is 0. The predicted molar refractivity (Wildman–Crippen MR) is 196 cm³/mol. The van der Waals surface area contributed by atoms with Crippen molar-refractivity contribution in [2.75, 3.05) is 0 Å². The molecule has 0 fully saturated rings. The quantitative estimate of drug-likeness (QED) is 0.193. The average molecular weight is 640 g/mol.